The van der Waals surface area contributed by atoms with Crippen molar-refractivity contribution in [2.24, 2.45) is 0 Å². The molecule has 0 aliphatic carbocycles. The first-order valence-electron chi connectivity index (χ1n) is 5.82. The first-order valence-corrected chi connectivity index (χ1v) is 5.82. The van der Waals surface area contributed by atoms with Crippen molar-refractivity contribution in [3.05, 3.63) is 0 Å². The van der Waals surface area contributed by atoms with Crippen molar-refractivity contribution in [1.82, 2.24) is 10.2 Å². The third-order valence-corrected chi connectivity index (χ3v) is 2.99. The molecule has 0 spiro atoms. The fourth-order valence-corrected chi connectivity index (χ4v) is 2.06. The van der Waals surface area contributed by atoms with Crippen LogP contribution in [0.1, 0.15) is 26.2 Å². The molecule has 0 bridgehead atoms. The highest BCUT2D eigenvalue weighted by Gasteiger charge is 2.19. The zero-order chi connectivity index (χ0) is 10.2. The molecule has 3 heteroatoms. The number of unbranched alkanes of at least 4 members (excludes halogenated alkanes) is 1. The monoisotopic (exact) mass is 200 g/mol. The standard InChI is InChI=1S/C11H24N2O/c1-3-11-10-12-6-8-13(11)7-4-5-9-14-2/h11-12H,3-10H2,1-2H3. The Morgan fingerprint density at radius 3 is 3.00 bits per heavy atom. The summed E-state index contributed by atoms with van der Waals surface area (Å²) in [5.41, 5.74) is 0. The van der Waals surface area contributed by atoms with Crippen LogP contribution in [0.4, 0.5) is 0 Å². The Morgan fingerprint density at radius 2 is 2.29 bits per heavy atom. The molecule has 1 unspecified atom stereocenters. The number of hydrogen-bond acceptors (Lipinski definition) is 3. The summed E-state index contributed by atoms with van der Waals surface area (Å²) in [6.07, 6.45) is 3.72. The fourth-order valence-electron chi connectivity index (χ4n) is 2.06. The van der Waals surface area contributed by atoms with E-state index in [2.05, 4.69) is 17.1 Å². The molecule has 1 aliphatic heterocycles. The summed E-state index contributed by atoms with van der Waals surface area (Å²) in [6.45, 7) is 7.96. The minimum atomic E-state index is 0.756. The quantitative estimate of drug-likeness (QED) is 0.650. The van der Waals surface area contributed by atoms with E-state index in [4.69, 9.17) is 4.74 Å². The normalized spacial score (nSPS) is 24.0. The van der Waals surface area contributed by atoms with Crippen molar-refractivity contribution in [3.8, 4) is 0 Å². The molecule has 0 saturated carbocycles. The van der Waals surface area contributed by atoms with Crippen LogP contribution in [-0.2, 0) is 4.74 Å². The summed E-state index contributed by atoms with van der Waals surface area (Å²) in [5, 5.41) is 3.45. The maximum Gasteiger partial charge on any atom is 0.0462 e. The Balaban J connectivity index is 2.13. The Kier molecular flexibility index (Phi) is 6.15. The Morgan fingerprint density at radius 1 is 1.43 bits per heavy atom. The Hall–Kier alpha value is -0.120. The molecule has 0 amide bonds. The summed E-state index contributed by atoms with van der Waals surface area (Å²) in [7, 11) is 1.78. The molecule has 0 radical (unpaired) electrons. The van der Waals surface area contributed by atoms with Crippen LogP contribution in [0.3, 0.4) is 0 Å². The van der Waals surface area contributed by atoms with E-state index in [0.29, 0.717) is 0 Å². The highest BCUT2D eigenvalue weighted by molar-refractivity contribution is 4.78. The number of methoxy groups -OCH3 is 1. The number of nitrogens with zero attached hydrogens (tertiary/aromatic N) is 1. The van der Waals surface area contributed by atoms with Crippen molar-refractivity contribution in [2.45, 2.75) is 32.2 Å². The van der Waals surface area contributed by atoms with Gasteiger partial charge in [0.25, 0.3) is 0 Å². The van der Waals surface area contributed by atoms with Gasteiger partial charge in [-0.1, -0.05) is 6.92 Å². The van der Waals surface area contributed by atoms with E-state index in [-0.39, 0.29) is 0 Å². The topological polar surface area (TPSA) is 24.5 Å². The van der Waals surface area contributed by atoms with Gasteiger partial charge in [-0.2, -0.15) is 0 Å². The zero-order valence-corrected chi connectivity index (χ0v) is 9.59. The third-order valence-electron chi connectivity index (χ3n) is 2.99. The van der Waals surface area contributed by atoms with Gasteiger partial charge in [0.05, 0.1) is 0 Å². The van der Waals surface area contributed by atoms with Gasteiger partial charge >= 0.3 is 0 Å². The minimum Gasteiger partial charge on any atom is -0.385 e. The fraction of sp³-hybridized carbons (Fsp3) is 1.00. The van der Waals surface area contributed by atoms with E-state index in [1.165, 1.54) is 38.9 Å². The van der Waals surface area contributed by atoms with Crippen LogP contribution in [0.2, 0.25) is 0 Å². The van der Waals surface area contributed by atoms with Crippen molar-refractivity contribution >= 4 is 0 Å². The number of ether oxygens (including phenoxy) is 1. The van der Waals surface area contributed by atoms with Crippen molar-refractivity contribution in [3.63, 3.8) is 0 Å². The molecule has 1 heterocycles. The van der Waals surface area contributed by atoms with Crippen LogP contribution >= 0.6 is 0 Å². The van der Waals surface area contributed by atoms with E-state index < -0.39 is 0 Å². The zero-order valence-electron chi connectivity index (χ0n) is 9.59. The minimum absolute atomic E-state index is 0.756. The molecule has 14 heavy (non-hydrogen) atoms. The van der Waals surface area contributed by atoms with Gasteiger partial charge in [0, 0.05) is 39.4 Å². The lowest BCUT2D eigenvalue weighted by atomic mass is 10.1. The molecule has 3 nitrogen and oxygen atoms in total. The maximum atomic E-state index is 5.05. The van der Waals surface area contributed by atoms with E-state index in [0.717, 1.165) is 19.2 Å². The molecule has 84 valence electrons. The Bertz CT molecular complexity index is 141. The first-order chi connectivity index (χ1) is 6.88. The molecular weight excluding hydrogens is 176 g/mol. The summed E-state index contributed by atoms with van der Waals surface area (Å²) in [5.74, 6) is 0. The number of hydrogen-bond donors (Lipinski definition) is 1. The van der Waals surface area contributed by atoms with Gasteiger partial charge in [-0.05, 0) is 25.8 Å². The summed E-state index contributed by atoms with van der Waals surface area (Å²) in [6, 6.07) is 0.756. The lowest BCUT2D eigenvalue weighted by Gasteiger charge is -2.35. The van der Waals surface area contributed by atoms with Gasteiger partial charge in [0.1, 0.15) is 0 Å². The van der Waals surface area contributed by atoms with Crippen molar-refractivity contribution < 1.29 is 4.74 Å². The van der Waals surface area contributed by atoms with Crippen LogP contribution in [0.5, 0.6) is 0 Å². The molecule has 1 fully saturated rings. The van der Waals surface area contributed by atoms with Crippen LogP contribution in [0.25, 0.3) is 0 Å². The second kappa shape index (κ2) is 7.21. The van der Waals surface area contributed by atoms with Crippen molar-refractivity contribution in [1.29, 1.82) is 0 Å². The molecule has 1 rings (SSSR count). The molecule has 1 N–H and O–H groups in total. The van der Waals surface area contributed by atoms with E-state index in [9.17, 15) is 0 Å². The number of nitrogens with one attached hydrogen (secondary N) is 1. The van der Waals surface area contributed by atoms with E-state index in [1.54, 1.807) is 7.11 Å². The third kappa shape index (κ3) is 3.95. The molecular formula is C11H24N2O. The molecule has 1 saturated heterocycles. The van der Waals surface area contributed by atoms with E-state index >= 15 is 0 Å². The van der Waals surface area contributed by atoms with Gasteiger partial charge in [-0.15, -0.1) is 0 Å². The first kappa shape index (κ1) is 12.0. The highest BCUT2D eigenvalue weighted by atomic mass is 16.5. The van der Waals surface area contributed by atoms with Crippen LogP contribution < -0.4 is 5.32 Å². The van der Waals surface area contributed by atoms with E-state index in [1.807, 2.05) is 0 Å². The number of rotatable bonds is 6. The van der Waals surface area contributed by atoms with Gasteiger partial charge < -0.3 is 10.1 Å². The molecule has 1 aliphatic rings. The molecule has 0 aromatic rings. The lowest BCUT2D eigenvalue weighted by molar-refractivity contribution is 0.143. The van der Waals surface area contributed by atoms with Crippen LogP contribution in [0, 0.1) is 0 Å². The summed E-state index contributed by atoms with van der Waals surface area (Å²) < 4.78 is 5.05. The SMILES string of the molecule is CCC1CNCCN1CCCCOC. The lowest BCUT2D eigenvalue weighted by Crippen LogP contribution is -2.51. The van der Waals surface area contributed by atoms with Gasteiger partial charge in [-0.25, -0.2) is 0 Å². The van der Waals surface area contributed by atoms with Crippen molar-refractivity contribution in [2.75, 3.05) is 39.9 Å². The van der Waals surface area contributed by atoms with Gasteiger partial charge in [0.2, 0.25) is 0 Å². The molecule has 1 atom stereocenters. The number of piperazine rings is 1. The second-order valence-electron chi connectivity index (χ2n) is 4.00. The van der Waals surface area contributed by atoms with Gasteiger partial charge in [0.15, 0.2) is 0 Å². The smallest absolute Gasteiger partial charge is 0.0462 e. The largest absolute Gasteiger partial charge is 0.385 e. The average Bonchev–Trinajstić information content (AvgIpc) is 2.25. The predicted molar refractivity (Wildman–Crippen MR) is 59.6 cm³/mol. The maximum absolute atomic E-state index is 5.05. The Labute approximate surface area is 87.8 Å². The molecule has 0 aromatic carbocycles. The highest BCUT2D eigenvalue weighted by Crippen LogP contribution is 2.08. The second-order valence-corrected chi connectivity index (χ2v) is 4.00. The van der Waals surface area contributed by atoms with Crippen LogP contribution in [0.15, 0.2) is 0 Å². The predicted octanol–water partition coefficient (Wildman–Crippen LogP) is 1.10. The summed E-state index contributed by atoms with van der Waals surface area (Å²) in [4.78, 5) is 2.62. The average molecular weight is 200 g/mol. The molecule has 0 aromatic heterocycles. The van der Waals surface area contributed by atoms with Crippen LogP contribution in [-0.4, -0.2) is 50.8 Å². The summed E-state index contributed by atoms with van der Waals surface area (Å²) >= 11 is 0. The van der Waals surface area contributed by atoms with Gasteiger partial charge in [-0.3, -0.25) is 4.90 Å².